The van der Waals surface area contributed by atoms with E-state index in [0.29, 0.717) is 22.5 Å². The number of carbonyl (C=O) groups is 2. The summed E-state index contributed by atoms with van der Waals surface area (Å²) in [5, 5.41) is 0. The molecule has 4 rings (SSSR count). The number of rotatable bonds is 1. The normalized spacial score (nSPS) is 13.6. The number of nitrogens with zero attached hydrogens (tertiary/aromatic N) is 2. The number of benzene rings is 1. The Hall–Kier alpha value is -3.28. The van der Waals surface area contributed by atoms with Gasteiger partial charge in [0.05, 0.1) is 5.69 Å². The number of fused-ring (bicyclic) bond motifs is 2. The molecule has 1 aliphatic rings. The summed E-state index contributed by atoms with van der Waals surface area (Å²) < 4.78 is 6.39. The molecule has 106 valence electrons. The second-order valence-corrected chi connectivity index (χ2v) is 4.82. The highest BCUT2D eigenvalue weighted by atomic mass is 16.4. The highest BCUT2D eigenvalue weighted by molar-refractivity contribution is 6.22. The Morgan fingerprint density at radius 2 is 1.73 bits per heavy atom. The number of pyridine rings is 1. The molecule has 0 N–H and O–H groups in total. The smallest absolute Gasteiger partial charge is 0.406 e. The van der Waals surface area contributed by atoms with Crippen LogP contribution in [0.4, 0.5) is 0 Å². The third-order valence-corrected chi connectivity index (χ3v) is 3.52. The SMILES string of the molecule is O=C1C=CC(=O)c2cc(-n3c(=O)oc4cccnc43)ccc21. The molecular weight excluding hydrogens is 284 g/mol. The van der Waals surface area contributed by atoms with Gasteiger partial charge in [-0.05, 0) is 42.5 Å². The van der Waals surface area contributed by atoms with Crippen LogP contribution in [0.5, 0.6) is 0 Å². The lowest BCUT2D eigenvalue weighted by Crippen LogP contribution is -2.16. The minimum absolute atomic E-state index is 0.233. The molecule has 3 aromatic rings. The van der Waals surface area contributed by atoms with Gasteiger partial charge in [-0.25, -0.2) is 14.3 Å². The first-order valence-corrected chi connectivity index (χ1v) is 6.53. The zero-order valence-electron chi connectivity index (χ0n) is 11.1. The number of oxazole rings is 1. The molecule has 1 aromatic carbocycles. The van der Waals surface area contributed by atoms with Crippen LogP contribution in [0, 0.1) is 0 Å². The zero-order chi connectivity index (χ0) is 15.3. The first kappa shape index (κ1) is 12.5. The third-order valence-electron chi connectivity index (χ3n) is 3.52. The Balaban J connectivity index is 2.00. The number of hydrogen-bond acceptors (Lipinski definition) is 5. The van der Waals surface area contributed by atoms with Crippen molar-refractivity contribution in [1.82, 2.24) is 9.55 Å². The summed E-state index contributed by atoms with van der Waals surface area (Å²) in [6.07, 6.45) is 4.01. The Bertz CT molecular complexity index is 1040. The molecule has 2 aromatic heterocycles. The van der Waals surface area contributed by atoms with Crippen LogP contribution in [-0.2, 0) is 0 Å². The molecule has 0 aliphatic heterocycles. The van der Waals surface area contributed by atoms with E-state index in [1.165, 1.54) is 28.9 Å². The fraction of sp³-hybridized carbons (Fsp3) is 0. The molecule has 2 heterocycles. The average Bonchev–Trinajstić information content (AvgIpc) is 2.86. The van der Waals surface area contributed by atoms with E-state index in [9.17, 15) is 14.4 Å². The molecule has 0 saturated carbocycles. The summed E-state index contributed by atoms with van der Waals surface area (Å²) in [5.74, 6) is -1.10. The van der Waals surface area contributed by atoms with Gasteiger partial charge >= 0.3 is 5.76 Å². The van der Waals surface area contributed by atoms with Gasteiger partial charge in [0.15, 0.2) is 22.8 Å². The quantitative estimate of drug-likeness (QED) is 0.684. The second kappa shape index (κ2) is 4.36. The van der Waals surface area contributed by atoms with Crippen LogP contribution in [0.15, 0.2) is 57.9 Å². The number of carbonyl (C=O) groups excluding carboxylic acids is 2. The maximum Gasteiger partial charge on any atom is 0.425 e. The molecule has 0 amide bonds. The monoisotopic (exact) mass is 292 g/mol. The van der Waals surface area contributed by atoms with Crippen molar-refractivity contribution in [3.63, 3.8) is 0 Å². The molecule has 0 unspecified atom stereocenters. The number of ketones is 2. The summed E-state index contributed by atoms with van der Waals surface area (Å²) >= 11 is 0. The van der Waals surface area contributed by atoms with Crippen molar-refractivity contribution in [3.05, 3.63) is 70.4 Å². The lowest BCUT2D eigenvalue weighted by molar-refractivity contribution is 0.0994. The highest BCUT2D eigenvalue weighted by Crippen LogP contribution is 2.22. The van der Waals surface area contributed by atoms with Crippen molar-refractivity contribution in [2.45, 2.75) is 0 Å². The van der Waals surface area contributed by atoms with E-state index in [0.717, 1.165) is 0 Å². The standard InChI is InChI=1S/C16H8N2O4/c19-12-5-6-13(20)11-8-9(3-4-10(11)12)18-15-14(22-16(18)21)2-1-7-17-15/h1-8H. The molecule has 0 radical (unpaired) electrons. The average molecular weight is 292 g/mol. The Morgan fingerprint density at radius 1 is 0.955 bits per heavy atom. The van der Waals surface area contributed by atoms with Gasteiger partial charge in [-0.3, -0.25) is 9.59 Å². The lowest BCUT2D eigenvalue weighted by Gasteiger charge is -2.10. The Kier molecular flexibility index (Phi) is 2.47. The molecular formula is C16H8N2O4. The lowest BCUT2D eigenvalue weighted by atomic mass is 9.94. The molecule has 0 fully saturated rings. The van der Waals surface area contributed by atoms with Gasteiger partial charge in [-0.2, -0.15) is 0 Å². The number of aromatic nitrogens is 2. The van der Waals surface area contributed by atoms with E-state index in [2.05, 4.69) is 4.98 Å². The summed E-state index contributed by atoms with van der Waals surface area (Å²) in [6.45, 7) is 0. The van der Waals surface area contributed by atoms with Crippen LogP contribution < -0.4 is 5.76 Å². The molecule has 22 heavy (non-hydrogen) atoms. The largest absolute Gasteiger partial charge is 0.425 e. The zero-order valence-corrected chi connectivity index (χ0v) is 11.1. The molecule has 0 atom stereocenters. The molecule has 0 saturated heterocycles. The van der Waals surface area contributed by atoms with Crippen LogP contribution in [0.3, 0.4) is 0 Å². The van der Waals surface area contributed by atoms with Crippen molar-refractivity contribution in [2.24, 2.45) is 0 Å². The minimum atomic E-state index is -0.598. The van der Waals surface area contributed by atoms with Crippen LogP contribution in [0.2, 0.25) is 0 Å². The fourth-order valence-corrected chi connectivity index (χ4v) is 2.50. The van der Waals surface area contributed by atoms with Gasteiger partial charge < -0.3 is 4.42 Å². The maximum absolute atomic E-state index is 12.0. The van der Waals surface area contributed by atoms with Crippen LogP contribution in [0.25, 0.3) is 16.9 Å². The van der Waals surface area contributed by atoms with Gasteiger partial charge in [-0.1, -0.05) is 0 Å². The van der Waals surface area contributed by atoms with Gasteiger partial charge in [0.1, 0.15) is 0 Å². The van der Waals surface area contributed by atoms with Crippen LogP contribution in [-0.4, -0.2) is 21.1 Å². The van der Waals surface area contributed by atoms with Crippen molar-refractivity contribution in [1.29, 1.82) is 0 Å². The fourth-order valence-electron chi connectivity index (χ4n) is 2.50. The first-order chi connectivity index (χ1) is 10.6. The molecule has 0 spiro atoms. The predicted octanol–water partition coefficient (Wildman–Crippen LogP) is 1.91. The van der Waals surface area contributed by atoms with Crippen LogP contribution in [0.1, 0.15) is 20.7 Å². The Morgan fingerprint density at radius 3 is 2.55 bits per heavy atom. The van der Waals surface area contributed by atoms with E-state index in [1.54, 1.807) is 24.4 Å². The van der Waals surface area contributed by atoms with Gasteiger partial charge in [0.25, 0.3) is 0 Å². The highest BCUT2D eigenvalue weighted by Gasteiger charge is 2.21. The Labute approximate surface area is 123 Å². The van der Waals surface area contributed by atoms with Crippen molar-refractivity contribution in [2.75, 3.05) is 0 Å². The molecule has 0 bridgehead atoms. The molecule has 1 aliphatic carbocycles. The first-order valence-electron chi connectivity index (χ1n) is 6.53. The topological polar surface area (TPSA) is 82.2 Å². The van der Waals surface area contributed by atoms with Gasteiger partial charge in [0.2, 0.25) is 0 Å². The summed E-state index contributed by atoms with van der Waals surface area (Å²) in [6, 6.07) is 7.92. The number of allylic oxidation sites excluding steroid dienone is 2. The van der Waals surface area contributed by atoms with Crippen LogP contribution >= 0.6 is 0 Å². The van der Waals surface area contributed by atoms with E-state index >= 15 is 0 Å². The van der Waals surface area contributed by atoms with Crippen molar-refractivity contribution >= 4 is 22.8 Å². The molecule has 6 nitrogen and oxygen atoms in total. The summed E-state index contributed by atoms with van der Waals surface area (Å²) in [5.41, 5.74) is 1.73. The maximum atomic E-state index is 12.0. The van der Waals surface area contributed by atoms with E-state index in [-0.39, 0.29) is 17.1 Å². The van der Waals surface area contributed by atoms with Gasteiger partial charge in [-0.15, -0.1) is 0 Å². The number of hydrogen-bond donors (Lipinski definition) is 0. The second-order valence-electron chi connectivity index (χ2n) is 4.82. The molecule has 6 heteroatoms. The minimum Gasteiger partial charge on any atom is -0.406 e. The van der Waals surface area contributed by atoms with Gasteiger partial charge in [0, 0.05) is 17.3 Å². The third kappa shape index (κ3) is 1.67. The van der Waals surface area contributed by atoms with E-state index in [4.69, 9.17) is 4.42 Å². The summed E-state index contributed by atoms with van der Waals surface area (Å²) in [7, 11) is 0. The van der Waals surface area contributed by atoms with Crippen molar-refractivity contribution in [3.8, 4) is 5.69 Å². The predicted molar refractivity (Wildman–Crippen MR) is 77.4 cm³/mol. The van der Waals surface area contributed by atoms with E-state index in [1.807, 2.05) is 0 Å². The summed E-state index contributed by atoms with van der Waals surface area (Å²) in [4.78, 5) is 39.9. The van der Waals surface area contributed by atoms with Crippen molar-refractivity contribution < 1.29 is 14.0 Å². The van der Waals surface area contributed by atoms with E-state index < -0.39 is 5.76 Å².